The zero-order chi connectivity index (χ0) is 11.5. The summed E-state index contributed by atoms with van der Waals surface area (Å²) in [5, 5.41) is 18.4. The molecule has 3 aromatic heterocycles. The molecule has 0 aliphatic rings. The van der Waals surface area contributed by atoms with Crippen molar-refractivity contribution in [2.24, 2.45) is 0 Å². The van der Waals surface area contributed by atoms with E-state index in [1.54, 1.807) is 6.26 Å². The van der Waals surface area contributed by atoms with Crippen LogP contribution in [-0.4, -0.2) is 31.8 Å². The minimum absolute atomic E-state index is 0.626. The van der Waals surface area contributed by atoms with Crippen molar-refractivity contribution in [2.45, 2.75) is 6.42 Å². The fourth-order valence-electron chi connectivity index (χ4n) is 1.51. The third-order valence-electron chi connectivity index (χ3n) is 2.33. The van der Waals surface area contributed by atoms with Crippen molar-refractivity contribution in [1.29, 1.82) is 0 Å². The number of furan rings is 1. The highest BCUT2D eigenvalue weighted by Crippen LogP contribution is 2.05. The van der Waals surface area contributed by atoms with E-state index in [1.165, 1.54) is 4.63 Å². The van der Waals surface area contributed by atoms with Crippen LogP contribution in [0.2, 0.25) is 0 Å². The number of hydrogen-bond acceptors (Lipinski definition) is 6. The molecule has 0 radical (unpaired) electrons. The number of hydrogen-bond donors (Lipinski definition) is 1. The van der Waals surface area contributed by atoms with Crippen LogP contribution in [0.4, 0.5) is 5.82 Å². The van der Waals surface area contributed by atoms with Gasteiger partial charge in [0.25, 0.3) is 0 Å². The lowest BCUT2D eigenvalue weighted by molar-refractivity contribution is 0.512. The third-order valence-corrected chi connectivity index (χ3v) is 2.33. The summed E-state index contributed by atoms with van der Waals surface area (Å²) in [5.74, 6) is 1.68. The van der Waals surface area contributed by atoms with Gasteiger partial charge in [0.1, 0.15) is 11.6 Å². The van der Waals surface area contributed by atoms with Crippen LogP contribution >= 0.6 is 0 Å². The van der Waals surface area contributed by atoms with E-state index in [-0.39, 0.29) is 0 Å². The molecule has 0 amide bonds. The van der Waals surface area contributed by atoms with Crippen molar-refractivity contribution in [2.75, 3.05) is 11.9 Å². The standard InChI is InChI=1S/C10H10N6O/c1-2-8(17-7-1)5-6-11-9-3-4-10-12-14-15-16(10)13-9/h1-4,7H,5-6H2,(H,11,13). The Balaban J connectivity index is 1.64. The van der Waals surface area contributed by atoms with Gasteiger partial charge in [-0.05, 0) is 34.7 Å². The first-order valence-corrected chi connectivity index (χ1v) is 5.23. The van der Waals surface area contributed by atoms with Gasteiger partial charge < -0.3 is 9.73 Å². The van der Waals surface area contributed by atoms with E-state index < -0.39 is 0 Å². The highest BCUT2D eigenvalue weighted by Gasteiger charge is 2.00. The van der Waals surface area contributed by atoms with Crippen molar-refractivity contribution in [3.8, 4) is 0 Å². The summed E-state index contributed by atoms with van der Waals surface area (Å²) in [6, 6.07) is 7.47. The number of rotatable bonds is 4. The molecule has 0 bridgehead atoms. The number of fused-ring (bicyclic) bond motifs is 1. The van der Waals surface area contributed by atoms with E-state index in [9.17, 15) is 0 Å². The average Bonchev–Trinajstić information content (AvgIpc) is 2.98. The maximum absolute atomic E-state index is 5.23. The summed E-state index contributed by atoms with van der Waals surface area (Å²) in [4.78, 5) is 0. The molecule has 0 unspecified atom stereocenters. The summed E-state index contributed by atoms with van der Waals surface area (Å²) < 4.78 is 6.62. The maximum Gasteiger partial charge on any atom is 0.200 e. The lowest BCUT2D eigenvalue weighted by Gasteiger charge is -2.03. The fourth-order valence-corrected chi connectivity index (χ4v) is 1.51. The average molecular weight is 230 g/mol. The highest BCUT2D eigenvalue weighted by atomic mass is 16.3. The summed E-state index contributed by atoms with van der Waals surface area (Å²) >= 11 is 0. The lowest BCUT2D eigenvalue weighted by Crippen LogP contribution is -2.08. The SMILES string of the molecule is c1coc(CCNc2ccc3nnnn3n2)c1. The predicted octanol–water partition coefficient (Wildman–Crippen LogP) is 0.767. The van der Waals surface area contributed by atoms with Gasteiger partial charge in [0, 0.05) is 13.0 Å². The van der Waals surface area contributed by atoms with Crippen LogP contribution in [0.15, 0.2) is 34.9 Å². The van der Waals surface area contributed by atoms with Crippen LogP contribution in [0, 0.1) is 0 Å². The molecular weight excluding hydrogens is 220 g/mol. The molecule has 0 atom stereocenters. The number of nitrogens with zero attached hydrogens (tertiary/aromatic N) is 5. The van der Waals surface area contributed by atoms with Crippen molar-refractivity contribution in [1.82, 2.24) is 25.3 Å². The molecule has 3 aromatic rings. The van der Waals surface area contributed by atoms with Crippen molar-refractivity contribution < 1.29 is 4.42 Å². The molecule has 17 heavy (non-hydrogen) atoms. The zero-order valence-electron chi connectivity index (χ0n) is 8.95. The molecule has 86 valence electrons. The molecule has 0 saturated carbocycles. The lowest BCUT2D eigenvalue weighted by atomic mass is 10.3. The summed E-state index contributed by atoms with van der Waals surface area (Å²) in [6.45, 7) is 0.744. The second kappa shape index (κ2) is 4.20. The quantitative estimate of drug-likeness (QED) is 0.712. The van der Waals surface area contributed by atoms with Crippen molar-refractivity contribution in [3.63, 3.8) is 0 Å². The van der Waals surface area contributed by atoms with Gasteiger partial charge in [-0.15, -0.1) is 14.8 Å². The molecule has 0 aliphatic heterocycles. The van der Waals surface area contributed by atoms with Gasteiger partial charge in [-0.1, -0.05) is 0 Å². The topological polar surface area (TPSA) is 81.1 Å². The molecule has 0 aliphatic carbocycles. The molecule has 7 heteroatoms. The van der Waals surface area contributed by atoms with E-state index in [1.807, 2.05) is 24.3 Å². The zero-order valence-corrected chi connectivity index (χ0v) is 8.95. The van der Waals surface area contributed by atoms with Gasteiger partial charge >= 0.3 is 0 Å². The van der Waals surface area contributed by atoms with Crippen LogP contribution in [0.3, 0.4) is 0 Å². The molecule has 0 saturated heterocycles. The second-order valence-corrected chi connectivity index (χ2v) is 3.50. The minimum Gasteiger partial charge on any atom is -0.469 e. The van der Waals surface area contributed by atoms with Crippen LogP contribution in [0.1, 0.15) is 5.76 Å². The highest BCUT2D eigenvalue weighted by molar-refractivity contribution is 5.42. The summed E-state index contributed by atoms with van der Waals surface area (Å²) in [6.07, 6.45) is 2.48. The number of anilines is 1. The molecule has 3 rings (SSSR count). The van der Waals surface area contributed by atoms with Gasteiger partial charge in [0.15, 0.2) is 5.65 Å². The van der Waals surface area contributed by atoms with E-state index in [2.05, 4.69) is 25.9 Å². The van der Waals surface area contributed by atoms with Crippen LogP contribution in [0.5, 0.6) is 0 Å². The first-order valence-electron chi connectivity index (χ1n) is 5.23. The summed E-state index contributed by atoms with van der Waals surface area (Å²) in [5.41, 5.74) is 0.626. The Hall–Kier alpha value is -2.44. The number of tetrazole rings is 1. The van der Waals surface area contributed by atoms with E-state index in [4.69, 9.17) is 4.42 Å². The summed E-state index contributed by atoms with van der Waals surface area (Å²) in [7, 11) is 0. The molecular formula is C10H10N6O. The monoisotopic (exact) mass is 230 g/mol. The normalized spacial score (nSPS) is 10.8. The Morgan fingerprint density at radius 3 is 3.18 bits per heavy atom. The van der Waals surface area contributed by atoms with E-state index >= 15 is 0 Å². The Bertz CT molecular complexity index is 602. The van der Waals surface area contributed by atoms with Gasteiger partial charge in [-0.3, -0.25) is 0 Å². The molecule has 0 spiro atoms. The van der Waals surface area contributed by atoms with Gasteiger partial charge in [-0.2, -0.15) is 0 Å². The Morgan fingerprint density at radius 1 is 1.29 bits per heavy atom. The van der Waals surface area contributed by atoms with Crippen molar-refractivity contribution >= 4 is 11.5 Å². The first-order chi connectivity index (χ1) is 8.42. The van der Waals surface area contributed by atoms with Crippen LogP contribution < -0.4 is 5.32 Å². The van der Waals surface area contributed by atoms with Gasteiger partial charge in [0.2, 0.25) is 0 Å². The maximum atomic E-state index is 5.23. The fraction of sp³-hybridized carbons (Fsp3) is 0.200. The van der Waals surface area contributed by atoms with E-state index in [0.29, 0.717) is 5.65 Å². The molecule has 3 heterocycles. The predicted molar refractivity (Wildman–Crippen MR) is 59.5 cm³/mol. The molecule has 0 aromatic carbocycles. The minimum atomic E-state index is 0.626. The first kappa shape index (κ1) is 9.76. The smallest absolute Gasteiger partial charge is 0.200 e. The third kappa shape index (κ3) is 2.07. The number of aromatic nitrogens is 5. The van der Waals surface area contributed by atoms with Gasteiger partial charge in [-0.25, -0.2) is 0 Å². The Kier molecular flexibility index (Phi) is 2.41. The molecule has 1 N–H and O–H groups in total. The van der Waals surface area contributed by atoms with Crippen molar-refractivity contribution in [3.05, 3.63) is 36.3 Å². The largest absolute Gasteiger partial charge is 0.469 e. The van der Waals surface area contributed by atoms with Gasteiger partial charge in [0.05, 0.1) is 6.26 Å². The van der Waals surface area contributed by atoms with Crippen LogP contribution in [-0.2, 0) is 6.42 Å². The van der Waals surface area contributed by atoms with E-state index in [0.717, 1.165) is 24.5 Å². The molecule has 0 fully saturated rings. The number of nitrogens with one attached hydrogen (secondary N) is 1. The second-order valence-electron chi connectivity index (χ2n) is 3.50. The Morgan fingerprint density at radius 2 is 2.29 bits per heavy atom. The van der Waals surface area contributed by atoms with Crippen LogP contribution in [0.25, 0.3) is 5.65 Å². The molecule has 7 nitrogen and oxygen atoms in total. The Labute approximate surface area is 96.4 Å².